The summed E-state index contributed by atoms with van der Waals surface area (Å²) in [6.07, 6.45) is 0. The van der Waals surface area contributed by atoms with Crippen LogP contribution in [0, 0.1) is 0 Å². The number of aliphatic hydroxyl groups excluding tert-OH is 2. The van der Waals surface area contributed by atoms with Crippen LogP contribution in [0.5, 0.6) is 0 Å². The lowest BCUT2D eigenvalue weighted by Crippen LogP contribution is -2.13. The molecule has 0 spiro atoms. The van der Waals surface area contributed by atoms with Crippen molar-refractivity contribution in [3.8, 4) is 0 Å². The van der Waals surface area contributed by atoms with Crippen molar-refractivity contribution in [3.05, 3.63) is 35.9 Å². The van der Waals surface area contributed by atoms with Crippen molar-refractivity contribution in [1.82, 2.24) is 0 Å². The van der Waals surface area contributed by atoms with Gasteiger partial charge < -0.3 is 15.9 Å². The van der Waals surface area contributed by atoms with Crippen molar-refractivity contribution in [1.29, 1.82) is 0 Å². The zero-order valence-electron chi connectivity index (χ0n) is 7.14. The summed E-state index contributed by atoms with van der Waals surface area (Å²) in [6.45, 7) is 0.00398. The second kappa shape index (κ2) is 6.79. The van der Waals surface area contributed by atoms with Gasteiger partial charge in [-0.1, -0.05) is 30.3 Å². The number of hydrogen-bond donors (Lipinski definition) is 3. The largest absolute Gasteiger partial charge is 0.400 e. The van der Waals surface area contributed by atoms with Gasteiger partial charge >= 0.3 is 0 Å². The summed E-state index contributed by atoms with van der Waals surface area (Å²) in [4.78, 5) is 0. The second-order valence-electron chi connectivity index (χ2n) is 2.20. The Labute approximate surface area is 72.5 Å². The minimum atomic E-state index is -0.235. The van der Waals surface area contributed by atoms with Crippen LogP contribution in [-0.4, -0.2) is 23.9 Å². The summed E-state index contributed by atoms with van der Waals surface area (Å²) in [7, 11) is 1.00. The van der Waals surface area contributed by atoms with E-state index in [0.717, 1.165) is 12.7 Å². The summed E-state index contributed by atoms with van der Waals surface area (Å²) in [5.74, 6) is 0. The first-order valence-corrected chi connectivity index (χ1v) is 3.70. The van der Waals surface area contributed by atoms with Gasteiger partial charge in [0, 0.05) is 7.11 Å². The molecule has 0 fully saturated rings. The smallest absolute Gasteiger partial charge is 0.0624 e. The van der Waals surface area contributed by atoms with Crippen molar-refractivity contribution in [2.45, 2.75) is 6.04 Å². The Morgan fingerprint density at radius 2 is 1.75 bits per heavy atom. The maximum Gasteiger partial charge on any atom is 0.0624 e. The lowest BCUT2D eigenvalue weighted by Gasteiger charge is -2.06. The topological polar surface area (TPSA) is 66.5 Å². The lowest BCUT2D eigenvalue weighted by atomic mass is 10.1. The van der Waals surface area contributed by atoms with E-state index in [-0.39, 0.29) is 12.6 Å². The minimum Gasteiger partial charge on any atom is -0.400 e. The van der Waals surface area contributed by atoms with Crippen LogP contribution in [0.3, 0.4) is 0 Å². The lowest BCUT2D eigenvalue weighted by molar-refractivity contribution is 0.268. The third kappa shape index (κ3) is 3.48. The number of rotatable bonds is 2. The van der Waals surface area contributed by atoms with E-state index < -0.39 is 0 Å². The number of benzene rings is 1. The monoisotopic (exact) mass is 169 g/mol. The van der Waals surface area contributed by atoms with E-state index in [1.807, 2.05) is 30.3 Å². The minimum absolute atomic E-state index is 0.00398. The standard InChI is InChI=1S/C8H11NO.CH4O/c9-8(6-10)7-4-2-1-3-5-7;1-2/h1-5,8,10H,6,9H2;2H,1H3/t8-;/m1./s1. The molecule has 3 nitrogen and oxygen atoms in total. The Morgan fingerprint density at radius 1 is 1.25 bits per heavy atom. The molecule has 0 aromatic heterocycles. The van der Waals surface area contributed by atoms with Crippen LogP contribution >= 0.6 is 0 Å². The van der Waals surface area contributed by atoms with Crippen LogP contribution in [0.15, 0.2) is 30.3 Å². The van der Waals surface area contributed by atoms with Crippen molar-refractivity contribution < 1.29 is 10.2 Å². The number of hydrogen-bond acceptors (Lipinski definition) is 3. The molecule has 0 bridgehead atoms. The van der Waals surface area contributed by atoms with Crippen LogP contribution in [0.4, 0.5) is 0 Å². The molecule has 68 valence electrons. The van der Waals surface area contributed by atoms with Gasteiger partial charge in [0.2, 0.25) is 0 Å². The Morgan fingerprint density at radius 3 is 2.17 bits per heavy atom. The molecule has 1 aromatic carbocycles. The maximum atomic E-state index is 8.66. The molecule has 0 amide bonds. The maximum absolute atomic E-state index is 8.66. The van der Waals surface area contributed by atoms with Gasteiger partial charge in [0.05, 0.1) is 12.6 Å². The first-order chi connectivity index (χ1) is 5.84. The van der Waals surface area contributed by atoms with Gasteiger partial charge in [0.1, 0.15) is 0 Å². The van der Waals surface area contributed by atoms with Crippen molar-refractivity contribution >= 4 is 0 Å². The molecule has 12 heavy (non-hydrogen) atoms. The molecule has 4 N–H and O–H groups in total. The molecular formula is C9H15NO2. The molecule has 0 aliphatic carbocycles. The molecular weight excluding hydrogens is 154 g/mol. The molecule has 1 atom stereocenters. The fourth-order valence-electron chi connectivity index (χ4n) is 0.806. The molecule has 0 unspecified atom stereocenters. The summed E-state index contributed by atoms with van der Waals surface area (Å²) >= 11 is 0. The average Bonchev–Trinajstić information content (AvgIpc) is 2.21. The van der Waals surface area contributed by atoms with Gasteiger partial charge in [-0.05, 0) is 5.56 Å². The quantitative estimate of drug-likeness (QED) is 0.596. The molecule has 3 heteroatoms. The van der Waals surface area contributed by atoms with Gasteiger partial charge in [0.25, 0.3) is 0 Å². The first kappa shape index (κ1) is 11.1. The Balaban J connectivity index is 0.000000561. The predicted octanol–water partition coefficient (Wildman–Crippen LogP) is 0.287. The highest BCUT2D eigenvalue weighted by Crippen LogP contribution is 2.06. The summed E-state index contributed by atoms with van der Waals surface area (Å²) in [5.41, 5.74) is 6.52. The molecule has 0 aliphatic rings. The van der Waals surface area contributed by atoms with E-state index in [1.165, 1.54) is 0 Å². The van der Waals surface area contributed by atoms with Crippen LogP contribution < -0.4 is 5.73 Å². The Kier molecular flexibility index (Phi) is 6.28. The van der Waals surface area contributed by atoms with Gasteiger partial charge in [-0.3, -0.25) is 0 Å². The first-order valence-electron chi connectivity index (χ1n) is 3.70. The summed E-state index contributed by atoms with van der Waals surface area (Å²) < 4.78 is 0. The van der Waals surface area contributed by atoms with Gasteiger partial charge in [-0.25, -0.2) is 0 Å². The molecule has 0 aliphatic heterocycles. The van der Waals surface area contributed by atoms with Gasteiger partial charge in [-0.2, -0.15) is 0 Å². The van der Waals surface area contributed by atoms with Crippen LogP contribution in [0.25, 0.3) is 0 Å². The number of aliphatic hydroxyl groups is 2. The molecule has 0 saturated carbocycles. The van der Waals surface area contributed by atoms with Crippen LogP contribution in [0.1, 0.15) is 11.6 Å². The fraction of sp³-hybridized carbons (Fsp3) is 0.333. The van der Waals surface area contributed by atoms with Crippen molar-refractivity contribution in [2.24, 2.45) is 5.73 Å². The molecule has 0 saturated heterocycles. The van der Waals surface area contributed by atoms with Gasteiger partial charge in [0.15, 0.2) is 0 Å². The Hall–Kier alpha value is -0.900. The third-order valence-corrected chi connectivity index (χ3v) is 1.42. The highest BCUT2D eigenvalue weighted by molar-refractivity contribution is 5.18. The fourth-order valence-corrected chi connectivity index (χ4v) is 0.806. The van der Waals surface area contributed by atoms with E-state index in [0.29, 0.717) is 0 Å². The molecule has 1 aromatic rings. The van der Waals surface area contributed by atoms with E-state index in [1.54, 1.807) is 0 Å². The normalized spacial score (nSPS) is 11.3. The highest BCUT2D eigenvalue weighted by Gasteiger charge is 2.00. The van der Waals surface area contributed by atoms with E-state index >= 15 is 0 Å². The van der Waals surface area contributed by atoms with Crippen molar-refractivity contribution in [2.75, 3.05) is 13.7 Å². The molecule has 0 heterocycles. The second-order valence-corrected chi connectivity index (χ2v) is 2.20. The SMILES string of the molecule is CO.N[C@H](CO)c1ccccc1. The summed E-state index contributed by atoms with van der Waals surface area (Å²) in [5, 5.41) is 15.7. The van der Waals surface area contributed by atoms with Crippen LogP contribution in [0.2, 0.25) is 0 Å². The molecule has 0 radical (unpaired) electrons. The zero-order valence-corrected chi connectivity index (χ0v) is 7.14. The highest BCUT2D eigenvalue weighted by atomic mass is 16.3. The zero-order chi connectivity index (χ0) is 9.40. The van der Waals surface area contributed by atoms with Gasteiger partial charge in [-0.15, -0.1) is 0 Å². The van der Waals surface area contributed by atoms with Crippen LogP contribution in [-0.2, 0) is 0 Å². The Bertz CT molecular complexity index is 189. The number of nitrogens with two attached hydrogens (primary N) is 1. The average molecular weight is 169 g/mol. The predicted molar refractivity (Wildman–Crippen MR) is 48.6 cm³/mol. The molecule has 1 rings (SSSR count). The third-order valence-electron chi connectivity index (χ3n) is 1.42. The summed E-state index contributed by atoms with van der Waals surface area (Å²) in [6, 6.07) is 9.31. The van der Waals surface area contributed by atoms with E-state index in [9.17, 15) is 0 Å². The van der Waals surface area contributed by atoms with Crippen molar-refractivity contribution in [3.63, 3.8) is 0 Å². The van der Waals surface area contributed by atoms with E-state index in [2.05, 4.69) is 0 Å². The van der Waals surface area contributed by atoms with E-state index in [4.69, 9.17) is 15.9 Å².